The van der Waals surface area contributed by atoms with Crippen LogP contribution in [0.1, 0.15) is 45.4 Å². The van der Waals surface area contributed by atoms with Gasteiger partial charge in [-0.25, -0.2) is 0 Å². The second-order valence-electron chi connectivity index (χ2n) is 5.60. The first-order valence-corrected chi connectivity index (χ1v) is 7.40. The largest absolute Gasteiger partial charge is 0.376 e. The number of hydrogen-bond donors (Lipinski definition) is 1. The molecular formula is C14H28N2O. The van der Waals surface area contributed by atoms with E-state index < -0.39 is 0 Å². The summed E-state index contributed by atoms with van der Waals surface area (Å²) in [7, 11) is 0. The van der Waals surface area contributed by atoms with Crippen LogP contribution in [0.4, 0.5) is 0 Å². The minimum Gasteiger partial charge on any atom is -0.376 e. The van der Waals surface area contributed by atoms with Crippen LogP contribution in [0.3, 0.4) is 0 Å². The molecule has 2 rings (SSSR count). The Morgan fingerprint density at radius 1 is 1.29 bits per heavy atom. The molecular weight excluding hydrogens is 212 g/mol. The highest BCUT2D eigenvalue weighted by Gasteiger charge is 2.30. The summed E-state index contributed by atoms with van der Waals surface area (Å²) >= 11 is 0. The summed E-state index contributed by atoms with van der Waals surface area (Å²) in [6, 6.07) is 0.605. The van der Waals surface area contributed by atoms with Gasteiger partial charge in [0.05, 0.1) is 12.7 Å². The van der Waals surface area contributed by atoms with Gasteiger partial charge in [-0.05, 0) is 25.2 Å². The van der Waals surface area contributed by atoms with Crippen LogP contribution in [-0.2, 0) is 4.74 Å². The monoisotopic (exact) mass is 240 g/mol. The quantitative estimate of drug-likeness (QED) is 0.817. The Hall–Kier alpha value is -0.120. The van der Waals surface area contributed by atoms with Gasteiger partial charge in [0.25, 0.3) is 0 Å². The minimum absolute atomic E-state index is 0.432. The predicted molar refractivity (Wildman–Crippen MR) is 71.0 cm³/mol. The van der Waals surface area contributed by atoms with Crippen LogP contribution in [0.2, 0.25) is 0 Å². The van der Waals surface area contributed by atoms with E-state index in [-0.39, 0.29) is 0 Å². The van der Waals surface area contributed by atoms with Crippen molar-refractivity contribution in [3.63, 3.8) is 0 Å². The van der Waals surface area contributed by atoms with Crippen LogP contribution in [0.25, 0.3) is 0 Å². The molecule has 1 aliphatic carbocycles. The van der Waals surface area contributed by atoms with Gasteiger partial charge in [-0.1, -0.05) is 26.2 Å². The van der Waals surface area contributed by atoms with Gasteiger partial charge >= 0.3 is 0 Å². The lowest BCUT2D eigenvalue weighted by Crippen LogP contribution is -2.53. The van der Waals surface area contributed by atoms with Crippen molar-refractivity contribution in [2.75, 3.05) is 26.2 Å². The molecule has 0 aromatic rings. The standard InChI is InChI=1S/C14H28N2O/c1-2-13-11-16(8-9-17-13)14(10-15)12-6-4-3-5-7-12/h12-14H,2-11,15H2,1H3. The van der Waals surface area contributed by atoms with Gasteiger partial charge in [-0.3, -0.25) is 4.90 Å². The van der Waals surface area contributed by atoms with E-state index in [0.717, 1.165) is 38.6 Å². The Morgan fingerprint density at radius 3 is 2.71 bits per heavy atom. The molecule has 1 aliphatic heterocycles. The SMILES string of the molecule is CCC1CN(C(CN)C2CCCCC2)CCO1. The van der Waals surface area contributed by atoms with Crippen molar-refractivity contribution >= 4 is 0 Å². The zero-order chi connectivity index (χ0) is 12.1. The van der Waals surface area contributed by atoms with E-state index in [2.05, 4.69) is 11.8 Å². The Kier molecular flexibility index (Phi) is 5.26. The van der Waals surface area contributed by atoms with Gasteiger partial charge in [0.2, 0.25) is 0 Å². The molecule has 3 heteroatoms. The van der Waals surface area contributed by atoms with Gasteiger partial charge in [0.1, 0.15) is 0 Å². The molecule has 0 amide bonds. The molecule has 1 saturated carbocycles. The molecule has 1 heterocycles. The van der Waals surface area contributed by atoms with E-state index in [1.54, 1.807) is 0 Å². The summed E-state index contributed by atoms with van der Waals surface area (Å²) in [4.78, 5) is 2.60. The summed E-state index contributed by atoms with van der Waals surface area (Å²) in [5, 5.41) is 0. The molecule has 17 heavy (non-hydrogen) atoms. The Morgan fingerprint density at radius 2 is 2.06 bits per heavy atom. The van der Waals surface area contributed by atoms with Crippen LogP contribution in [0, 0.1) is 5.92 Å². The second kappa shape index (κ2) is 6.72. The minimum atomic E-state index is 0.432. The fraction of sp³-hybridized carbons (Fsp3) is 1.00. The molecule has 0 spiro atoms. The fourth-order valence-corrected chi connectivity index (χ4v) is 3.45. The zero-order valence-corrected chi connectivity index (χ0v) is 11.2. The zero-order valence-electron chi connectivity index (χ0n) is 11.2. The molecule has 2 fully saturated rings. The van der Waals surface area contributed by atoms with E-state index in [0.29, 0.717) is 12.1 Å². The maximum atomic E-state index is 6.04. The van der Waals surface area contributed by atoms with E-state index in [1.165, 1.54) is 32.1 Å². The molecule has 2 N–H and O–H groups in total. The first kappa shape index (κ1) is 13.3. The first-order valence-electron chi connectivity index (χ1n) is 7.40. The topological polar surface area (TPSA) is 38.5 Å². The fourth-order valence-electron chi connectivity index (χ4n) is 3.45. The van der Waals surface area contributed by atoms with Gasteiger partial charge in [0, 0.05) is 25.7 Å². The number of nitrogens with zero attached hydrogens (tertiary/aromatic N) is 1. The van der Waals surface area contributed by atoms with Gasteiger partial charge < -0.3 is 10.5 Å². The van der Waals surface area contributed by atoms with E-state index >= 15 is 0 Å². The van der Waals surface area contributed by atoms with Crippen LogP contribution in [0.5, 0.6) is 0 Å². The third-order valence-electron chi connectivity index (χ3n) is 4.53. The lowest BCUT2D eigenvalue weighted by atomic mass is 9.83. The van der Waals surface area contributed by atoms with Gasteiger partial charge in [-0.2, -0.15) is 0 Å². The molecule has 2 unspecified atom stereocenters. The predicted octanol–water partition coefficient (Wildman–Crippen LogP) is 2.00. The summed E-state index contributed by atoms with van der Waals surface area (Å²) in [5.74, 6) is 0.837. The molecule has 0 aromatic carbocycles. The third-order valence-corrected chi connectivity index (χ3v) is 4.53. The molecule has 2 atom stereocenters. The number of ether oxygens (including phenoxy) is 1. The highest BCUT2D eigenvalue weighted by atomic mass is 16.5. The Labute approximate surface area is 106 Å². The summed E-state index contributed by atoms with van der Waals surface area (Å²) < 4.78 is 5.76. The number of rotatable bonds is 4. The van der Waals surface area contributed by atoms with Crippen LogP contribution >= 0.6 is 0 Å². The summed E-state index contributed by atoms with van der Waals surface area (Å²) in [6.07, 6.45) is 8.56. The van der Waals surface area contributed by atoms with E-state index in [4.69, 9.17) is 10.5 Å². The number of nitrogens with two attached hydrogens (primary N) is 1. The highest BCUT2D eigenvalue weighted by Crippen LogP contribution is 2.29. The lowest BCUT2D eigenvalue weighted by Gasteiger charge is -2.42. The van der Waals surface area contributed by atoms with Crippen LogP contribution in [0.15, 0.2) is 0 Å². The summed E-state index contributed by atoms with van der Waals surface area (Å²) in [6.45, 7) is 6.10. The van der Waals surface area contributed by atoms with Gasteiger partial charge in [-0.15, -0.1) is 0 Å². The molecule has 2 aliphatic rings. The van der Waals surface area contributed by atoms with Crippen molar-refractivity contribution in [1.29, 1.82) is 0 Å². The van der Waals surface area contributed by atoms with Crippen LogP contribution < -0.4 is 5.73 Å². The van der Waals surface area contributed by atoms with Crippen molar-refractivity contribution < 1.29 is 4.74 Å². The molecule has 100 valence electrons. The molecule has 1 saturated heterocycles. The molecule has 0 bridgehead atoms. The van der Waals surface area contributed by atoms with Crippen LogP contribution in [-0.4, -0.2) is 43.3 Å². The maximum absolute atomic E-state index is 6.04. The average molecular weight is 240 g/mol. The molecule has 0 radical (unpaired) electrons. The number of morpholine rings is 1. The highest BCUT2D eigenvalue weighted by molar-refractivity contribution is 4.85. The van der Waals surface area contributed by atoms with Crippen molar-refractivity contribution in [3.05, 3.63) is 0 Å². The second-order valence-corrected chi connectivity index (χ2v) is 5.60. The average Bonchev–Trinajstić information content (AvgIpc) is 2.41. The molecule has 3 nitrogen and oxygen atoms in total. The summed E-state index contributed by atoms with van der Waals surface area (Å²) in [5.41, 5.74) is 6.04. The van der Waals surface area contributed by atoms with Crippen molar-refractivity contribution in [2.45, 2.75) is 57.6 Å². The van der Waals surface area contributed by atoms with Crippen molar-refractivity contribution in [1.82, 2.24) is 4.90 Å². The van der Waals surface area contributed by atoms with E-state index in [1.807, 2.05) is 0 Å². The van der Waals surface area contributed by atoms with E-state index in [9.17, 15) is 0 Å². The molecule has 0 aromatic heterocycles. The smallest absolute Gasteiger partial charge is 0.0700 e. The maximum Gasteiger partial charge on any atom is 0.0700 e. The Balaban J connectivity index is 1.91. The lowest BCUT2D eigenvalue weighted by molar-refractivity contribution is -0.0539. The Bertz CT molecular complexity index is 216. The third kappa shape index (κ3) is 3.43. The van der Waals surface area contributed by atoms with Gasteiger partial charge in [0.15, 0.2) is 0 Å². The van der Waals surface area contributed by atoms with Crippen molar-refractivity contribution in [3.8, 4) is 0 Å². The normalized spacial score (nSPS) is 30.4. The van der Waals surface area contributed by atoms with Crippen molar-refractivity contribution in [2.24, 2.45) is 11.7 Å². The first-order chi connectivity index (χ1) is 8.35. The number of hydrogen-bond acceptors (Lipinski definition) is 3.